The van der Waals surface area contributed by atoms with E-state index in [1.165, 1.54) is 63.8 Å². The highest BCUT2D eigenvalue weighted by Crippen LogP contribution is 2.13. The number of rotatable bonds is 7. The minimum Gasteiger partial charge on any atom is -0.316 e. The second-order valence-corrected chi connectivity index (χ2v) is 5.92. The molecule has 2 nitrogen and oxygen atoms in total. The molecule has 1 atom stereocenters. The first-order valence-electron chi connectivity index (χ1n) is 7.78. The highest BCUT2D eigenvalue weighted by molar-refractivity contribution is 5.14. The van der Waals surface area contributed by atoms with Gasteiger partial charge >= 0.3 is 0 Å². The molecule has 2 rings (SSSR count). The Morgan fingerprint density at radius 1 is 1.21 bits per heavy atom. The van der Waals surface area contributed by atoms with E-state index in [0.29, 0.717) is 0 Å². The molecule has 0 aliphatic carbocycles. The van der Waals surface area contributed by atoms with E-state index in [4.69, 9.17) is 0 Å². The lowest BCUT2D eigenvalue weighted by molar-refractivity contribution is 0.206. The second kappa shape index (κ2) is 8.34. The van der Waals surface area contributed by atoms with E-state index in [9.17, 15) is 0 Å². The van der Waals surface area contributed by atoms with Gasteiger partial charge in [0.1, 0.15) is 0 Å². The number of nitrogens with zero attached hydrogens (tertiary/aromatic N) is 1. The summed E-state index contributed by atoms with van der Waals surface area (Å²) in [6.07, 6.45) is 6.58. The van der Waals surface area contributed by atoms with Crippen LogP contribution in [0.15, 0.2) is 30.3 Å². The zero-order valence-electron chi connectivity index (χ0n) is 12.3. The van der Waals surface area contributed by atoms with Gasteiger partial charge in [-0.3, -0.25) is 0 Å². The third kappa shape index (κ3) is 5.75. The average Bonchev–Trinajstić information content (AvgIpc) is 2.44. The Balaban J connectivity index is 1.48. The van der Waals surface area contributed by atoms with Crippen LogP contribution in [0.2, 0.25) is 0 Å². The first-order chi connectivity index (χ1) is 9.34. The molecule has 1 fully saturated rings. The maximum Gasteiger partial charge on any atom is 0.00187 e. The van der Waals surface area contributed by atoms with Crippen molar-refractivity contribution in [3.05, 3.63) is 35.9 Å². The molecule has 1 aromatic carbocycles. The van der Waals surface area contributed by atoms with Crippen molar-refractivity contribution in [2.45, 2.75) is 32.1 Å². The summed E-state index contributed by atoms with van der Waals surface area (Å²) in [5.41, 5.74) is 1.47. The molecule has 0 aromatic heterocycles. The van der Waals surface area contributed by atoms with Crippen molar-refractivity contribution in [2.75, 3.05) is 33.2 Å². The van der Waals surface area contributed by atoms with E-state index in [1.54, 1.807) is 0 Å². The van der Waals surface area contributed by atoms with Crippen LogP contribution >= 0.6 is 0 Å². The minimum atomic E-state index is 0.868. The van der Waals surface area contributed by atoms with Gasteiger partial charge in [-0.2, -0.15) is 0 Å². The highest BCUT2D eigenvalue weighted by Gasteiger charge is 2.16. The Morgan fingerprint density at radius 3 is 2.84 bits per heavy atom. The van der Waals surface area contributed by atoms with E-state index in [2.05, 4.69) is 47.6 Å². The van der Waals surface area contributed by atoms with Gasteiger partial charge in [0, 0.05) is 6.54 Å². The SMILES string of the molecule is CN1CCCC(CNCCCCc2ccccc2)C1. The largest absolute Gasteiger partial charge is 0.316 e. The van der Waals surface area contributed by atoms with Gasteiger partial charge in [-0.05, 0) is 70.3 Å². The number of nitrogens with one attached hydrogen (secondary N) is 1. The van der Waals surface area contributed by atoms with Crippen LogP contribution in [0.1, 0.15) is 31.2 Å². The summed E-state index contributed by atoms with van der Waals surface area (Å²) in [5, 5.41) is 3.64. The Labute approximate surface area is 118 Å². The van der Waals surface area contributed by atoms with Crippen LogP contribution in [0.3, 0.4) is 0 Å². The van der Waals surface area contributed by atoms with Crippen molar-refractivity contribution in [3.8, 4) is 0 Å². The van der Waals surface area contributed by atoms with Gasteiger partial charge in [0.05, 0.1) is 0 Å². The van der Waals surface area contributed by atoms with Gasteiger partial charge in [-0.25, -0.2) is 0 Å². The highest BCUT2D eigenvalue weighted by atomic mass is 15.1. The molecule has 0 saturated carbocycles. The molecule has 19 heavy (non-hydrogen) atoms. The number of aryl methyl sites for hydroxylation is 1. The van der Waals surface area contributed by atoms with Crippen molar-refractivity contribution in [3.63, 3.8) is 0 Å². The molecule has 0 amide bonds. The maximum atomic E-state index is 3.64. The van der Waals surface area contributed by atoms with E-state index in [0.717, 1.165) is 5.92 Å². The summed E-state index contributed by atoms with van der Waals surface area (Å²) in [5.74, 6) is 0.868. The maximum absolute atomic E-state index is 3.64. The second-order valence-electron chi connectivity index (χ2n) is 5.92. The summed E-state index contributed by atoms with van der Waals surface area (Å²) in [6, 6.07) is 10.8. The molecule has 1 unspecified atom stereocenters. The molecule has 0 radical (unpaired) electrons. The Hall–Kier alpha value is -0.860. The van der Waals surface area contributed by atoms with Gasteiger partial charge in [-0.15, -0.1) is 0 Å². The molecule has 1 aliphatic heterocycles. The van der Waals surface area contributed by atoms with E-state index < -0.39 is 0 Å². The summed E-state index contributed by atoms with van der Waals surface area (Å²) in [7, 11) is 2.24. The minimum absolute atomic E-state index is 0.868. The summed E-state index contributed by atoms with van der Waals surface area (Å²) in [4.78, 5) is 2.46. The first-order valence-corrected chi connectivity index (χ1v) is 7.78. The molecule has 1 aromatic rings. The fourth-order valence-corrected chi connectivity index (χ4v) is 2.97. The van der Waals surface area contributed by atoms with Crippen molar-refractivity contribution in [1.82, 2.24) is 10.2 Å². The zero-order chi connectivity index (χ0) is 13.3. The number of unbranched alkanes of at least 4 members (excludes halogenated alkanes) is 1. The van der Waals surface area contributed by atoms with Gasteiger partial charge in [0.25, 0.3) is 0 Å². The molecule has 0 spiro atoms. The molecule has 1 aliphatic rings. The molecular formula is C17H28N2. The molecule has 0 bridgehead atoms. The van der Waals surface area contributed by atoms with Crippen LogP contribution in [-0.2, 0) is 6.42 Å². The number of hydrogen-bond donors (Lipinski definition) is 1. The summed E-state index contributed by atoms with van der Waals surface area (Å²) < 4.78 is 0. The standard InChI is InChI=1S/C17H28N2/c1-19-13-7-11-17(15-19)14-18-12-6-5-10-16-8-3-2-4-9-16/h2-4,8-9,17-18H,5-7,10-15H2,1H3. The smallest absolute Gasteiger partial charge is 0.00187 e. The van der Waals surface area contributed by atoms with E-state index in [1.807, 2.05) is 0 Å². The van der Waals surface area contributed by atoms with Gasteiger partial charge in [0.2, 0.25) is 0 Å². The monoisotopic (exact) mass is 260 g/mol. The first kappa shape index (κ1) is 14.5. The van der Waals surface area contributed by atoms with E-state index >= 15 is 0 Å². The molecule has 1 heterocycles. The van der Waals surface area contributed by atoms with Gasteiger partial charge < -0.3 is 10.2 Å². The van der Waals surface area contributed by atoms with Crippen LogP contribution < -0.4 is 5.32 Å². The Morgan fingerprint density at radius 2 is 2.05 bits per heavy atom. The fraction of sp³-hybridized carbons (Fsp3) is 0.647. The third-order valence-electron chi connectivity index (χ3n) is 4.07. The van der Waals surface area contributed by atoms with Gasteiger partial charge in [0.15, 0.2) is 0 Å². The van der Waals surface area contributed by atoms with Crippen LogP contribution in [0.25, 0.3) is 0 Å². The van der Waals surface area contributed by atoms with Crippen molar-refractivity contribution in [1.29, 1.82) is 0 Å². The van der Waals surface area contributed by atoms with Gasteiger partial charge in [-0.1, -0.05) is 30.3 Å². The third-order valence-corrected chi connectivity index (χ3v) is 4.07. The lowest BCUT2D eigenvalue weighted by atomic mass is 9.98. The molecule has 2 heteroatoms. The van der Waals surface area contributed by atoms with E-state index in [-0.39, 0.29) is 0 Å². The molecular weight excluding hydrogens is 232 g/mol. The fourth-order valence-electron chi connectivity index (χ4n) is 2.97. The van der Waals surface area contributed by atoms with Crippen molar-refractivity contribution in [2.24, 2.45) is 5.92 Å². The topological polar surface area (TPSA) is 15.3 Å². The lowest BCUT2D eigenvalue weighted by Crippen LogP contribution is -2.37. The van der Waals surface area contributed by atoms with Crippen LogP contribution in [0.5, 0.6) is 0 Å². The lowest BCUT2D eigenvalue weighted by Gasteiger charge is -2.29. The number of benzene rings is 1. The molecule has 1 saturated heterocycles. The Kier molecular flexibility index (Phi) is 6.38. The van der Waals surface area contributed by atoms with Crippen LogP contribution in [-0.4, -0.2) is 38.1 Å². The predicted octanol–water partition coefficient (Wildman–Crippen LogP) is 2.94. The van der Waals surface area contributed by atoms with Crippen LogP contribution in [0, 0.1) is 5.92 Å². The number of piperidine rings is 1. The summed E-state index contributed by atoms with van der Waals surface area (Å²) in [6.45, 7) is 4.94. The Bertz CT molecular complexity index is 336. The number of likely N-dealkylation sites (tertiary alicyclic amines) is 1. The zero-order valence-corrected chi connectivity index (χ0v) is 12.3. The quantitative estimate of drug-likeness (QED) is 0.758. The number of hydrogen-bond acceptors (Lipinski definition) is 2. The molecule has 106 valence electrons. The van der Waals surface area contributed by atoms with Crippen molar-refractivity contribution < 1.29 is 0 Å². The van der Waals surface area contributed by atoms with Crippen molar-refractivity contribution >= 4 is 0 Å². The predicted molar refractivity (Wildman–Crippen MR) is 82.5 cm³/mol. The normalized spacial score (nSPS) is 20.6. The van der Waals surface area contributed by atoms with Crippen LogP contribution in [0.4, 0.5) is 0 Å². The summed E-state index contributed by atoms with van der Waals surface area (Å²) >= 11 is 0. The average molecular weight is 260 g/mol. The molecule has 1 N–H and O–H groups in total.